The molecule has 116 valence electrons. The summed E-state index contributed by atoms with van der Waals surface area (Å²) >= 11 is 7.59. The molecule has 2 atom stereocenters. The Morgan fingerprint density at radius 3 is 2.86 bits per heavy atom. The summed E-state index contributed by atoms with van der Waals surface area (Å²) in [6, 6.07) is 7.88. The number of thioether (sulfide) groups is 1. The van der Waals surface area contributed by atoms with Crippen molar-refractivity contribution in [2.75, 3.05) is 25.5 Å². The van der Waals surface area contributed by atoms with Crippen molar-refractivity contribution in [2.45, 2.75) is 25.0 Å². The first-order valence-electron chi connectivity index (χ1n) is 7.40. The highest BCUT2D eigenvalue weighted by Crippen LogP contribution is 2.32. The molecule has 0 unspecified atom stereocenters. The van der Waals surface area contributed by atoms with Crippen LogP contribution >= 0.6 is 23.4 Å². The summed E-state index contributed by atoms with van der Waals surface area (Å²) in [6.07, 6.45) is 2.05. The zero-order chi connectivity index (χ0) is 15.1. The number of hydrogen-bond donors (Lipinski definition) is 1. The highest BCUT2D eigenvalue weighted by Gasteiger charge is 2.17. The molecule has 0 radical (unpaired) electrons. The van der Waals surface area contributed by atoms with Crippen molar-refractivity contribution in [3.05, 3.63) is 34.9 Å². The summed E-state index contributed by atoms with van der Waals surface area (Å²) < 4.78 is 5.31. The highest BCUT2D eigenvalue weighted by atomic mass is 35.5. The second kappa shape index (κ2) is 8.66. The number of hydrogen-bond acceptors (Lipinski definition) is 3. The lowest BCUT2D eigenvalue weighted by Crippen LogP contribution is -2.31. The molecule has 0 aromatic heterocycles. The lowest BCUT2D eigenvalue weighted by molar-refractivity contribution is -0.118. The molecule has 1 heterocycles. The predicted molar refractivity (Wildman–Crippen MR) is 88.9 cm³/mol. The maximum absolute atomic E-state index is 11.9. The fourth-order valence-corrected chi connectivity index (χ4v) is 3.52. The van der Waals surface area contributed by atoms with E-state index in [2.05, 4.69) is 12.2 Å². The van der Waals surface area contributed by atoms with Crippen molar-refractivity contribution < 1.29 is 9.53 Å². The lowest BCUT2D eigenvalue weighted by Gasteiger charge is -2.15. The van der Waals surface area contributed by atoms with Crippen molar-refractivity contribution >= 4 is 29.3 Å². The van der Waals surface area contributed by atoms with Crippen LogP contribution in [0.15, 0.2) is 24.3 Å². The van der Waals surface area contributed by atoms with Gasteiger partial charge in [-0.1, -0.05) is 30.7 Å². The molecule has 1 fully saturated rings. The first-order chi connectivity index (χ1) is 10.2. The number of rotatable bonds is 7. The first kappa shape index (κ1) is 16.7. The summed E-state index contributed by atoms with van der Waals surface area (Å²) in [5.74, 6) is 1.09. The second-order valence-corrected chi connectivity index (χ2v) is 6.92. The first-order valence-corrected chi connectivity index (χ1v) is 8.83. The second-order valence-electron chi connectivity index (χ2n) is 5.29. The van der Waals surface area contributed by atoms with Crippen LogP contribution in [0.5, 0.6) is 0 Å². The van der Waals surface area contributed by atoms with Crippen molar-refractivity contribution in [1.29, 1.82) is 0 Å². The molecule has 1 N–H and O–H groups in total. The largest absolute Gasteiger partial charge is 0.381 e. The van der Waals surface area contributed by atoms with E-state index in [1.165, 1.54) is 5.56 Å². The quantitative estimate of drug-likeness (QED) is 0.830. The monoisotopic (exact) mass is 327 g/mol. The maximum atomic E-state index is 11.9. The molecule has 0 bridgehead atoms. The number of carbonyl (C=O) groups is 1. The van der Waals surface area contributed by atoms with Gasteiger partial charge < -0.3 is 10.1 Å². The summed E-state index contributed by atoms with van der Waals surface area (Å²) in [5, 5.41) is 4.09. The summed E-state index contributed by atoms with van der Waals surface area (Å²) in [6.45, 7) is 4.47. The molecule has 0 aliphatic carbocycles. The standard InChI is InChI=1S/C16H22ClNO2S/c1-2-15(13-3-5-14(17)6-4-13)21-11-16(19)18-9-12-7-8-20-10-12/h3-6,12,15H,2,7-11H2,1H3,(H,18,19)/t12-,15-/m1/s1. The minimum atomic E-state index is 0.110. The third kappa shape index (κ3) is 5.53. The van der Waals surface area contributed by atoms with E-state index in [0.717, 1.165) is 37.6 Å². The Hall–Kier alpha value is -0.710. The van der Waals surface area contributed by atoms with Gasteiger partial charge in [0.05, 0.1) is 12.4 Å². The van der Waals surface area contributed by atoms with E-state index < -0.39 is 0 Å². The molecular weight excluding hydrogens is 306 g/mol. The summed E-state index contributed by atoms with van der Waals surface area (Å²) in [5.41, 5.74) is 1.23. The zero-order valence-electron chi connectivity index (χ0n) is 12.3. The van der Waals surface area contributed by atoms with Crippen LogP contribution in [0, 0.1) is 5.92 Å². The number of ether oxygens (including phenoxy) is 1. The smallest absolute Gasteiger partial charge is 0.230 e. The lowest BCUT2D eigenvalue weighted by atomic mass is 10.1. The number of benzene rings is 1. The van der Waals surface area contributed by atoms with Gasteiger partial charge in [-0.05, 0) is 30.5 Å². The molecule has 1 saturated heterocycles. The summed E-state index contributed by atoms with van der Waals surface area (Å²) in [4.78, 5) is 11.9. The number of amides is 1. The molecule has 5 heteroatoms. The number of carbonyl (C=O) groups excluding carboxylic acids is 1. The van der Waals surface area contributed by atoms with Crippen LogP contribution < -0.4 is 5.32 Å². The van der Waals surface area contributed by atoms with Gasteiger partial charge in [-0.15, -0.1) is 11.8 Å². The zero-order valence-corrected chi connectivity index (χ0v) is 13.9. The molecule has 1 aliphatic heterocycles. The van der Waals surface area contributed by atoms with E-state index in [1.807, 2.05) is 24.3 Å². The Morgan fingerprint density at radius 2 is 2.24 bits per heavy atom. The fourth-order valence-electron chi connectivity index (χ4n) is 2.36. The normalized spacial score (nSPS) is 19.4. The Kier molecular flexibility index (Phi) is 6.87. The van der Waals surface area contributed by atoms with E-state index in [4.69, 9.17) is 16.3 Å². The van der Waals surface area contributed by atoms with Crippen LogP contribution in [-0.2, 0) is 9.53 Å². The molecule has 21 heavy (non-hydrogen) atoms. The van der Waals surface area contributed by atoms with Crippen LogP contribution in [0.25, 0.3) is 0 Å². The fraction of sp³-hybridized carbons (Fsp3) is 0.562. The Morgan fingerprint density at radius 1 is 1.48 bits per heavy atom. The topological polar surface area (TPSA) is 38.3 Å². The molecule has 0 saturated carbocycles. The summed E-state index contributed by atoms with van der Waals surface area (Å²) in [7, 11) is 0. The van der Waals surface area contributed by atoms with Gasteiger partial charge >= 0.3 is 0 Å². The number of nitrogens with one attached hydrogen (secondary N) is 1. The molecule has 1 amide bonds. The van der Waals surface area contributed by atoms with Gasteiger partial charge in [0.15, 0.2) is 0 Å². The Balaban J connectivity index is 1.74. The highest BCUT2D eigenvalue weighted by molar-refractivity contribution is 8.00. The minimum Gasteiger partial charge on any atom is -0.381 e. The van der Waals surface area contributed by atoms with Gasteiger partial charge in [-0.3, -0.25) is 4.79 Å². The molecule has 0 spiro atoms. The van der Waals surface area contributed by atoms with Crippen LogP contribution in [0.2, 0.25) is 5.02 Å². The van der Waals surface area contributed by atoms with Gasteiger partial charge in [-0.2, -0.15) is 0 Å². The molecule has 1 aliphatic rings. The van der Waals surface area contributed by atoms with E-state index in [0.29, 0.717) is 16.9 Å². The average Bonchev–Trinajstić information content (AvgIpc) is 3.01. The SMILES string of the molecule is CC[C@@H](SCC(=O)NC[C@H]1CCOC1)c1ccc(Cl)cc1. The van der Waals surface area contributed by atoms with Crippen LogP contribution in [-0.4, -0.2) is 31.4 Å². The van der Waals surface area contributed by atoms with Crippen molar-refractivity contribution in [2.24, 2.45) is 5.92 Å². The Labute approximate surface area is 135 Å². The van der Waals surface area contributed by atoms with E-state index >= 15 is 0 Å². The van der Waals surface area contributed by atoms with Gasteiger partial charge in [0.2, 0.25) is 5.91 Å². The molecule has 2 rings (SSSR count). The van der Waals surface area contributed by atoms with Crippen molar-refractivity contribution in [1.82, 2.24) is 5.32 Å². The van der Waals surface area contributed by atoms with E-state index in [-0.39, 0.29) is 5.91 Å². The molecule has 3 nitrogen and oxygen atoms in total. The molecule has 1 aromatic rings. The van der Waals surface area contributed by atoms with Crippen molar-refractivity contribution in [3.8, 4) is 0 Å². The van der Waals surface area contributed by atoms with E-state index in [9.17, 15) is 4.79 Å². The van der Waals surface area contributed by atoms with Gasteiger partial charge in [0.25, 0.3) is 0 Å². The molecule has 1 aromatic carbocycles. The minimum absolute atomic E-state index is 0.110. The third-order valence-electron chi connectivity index (χ3n) is 3.64. The van der Waals surface area contributed by atoms with Gasteiger partial charge in [0.1, 0.15) is 0 Å². The average molecular weight is 328 g/mol. The third-order valence-corrected chi connectivity index (χ3v) is 5.33. The van der Waals surface area contributed by atoms with E-state index in [1.54, 1.807) is 11.8 Å². The predicted octanol–water partition coefficient (Wildman–Crippen LogP) is 3.68. The van der Waals surface area contributed by atoms with Crippen LogP contribution in [0.4, 0.5) is 0 Å². The van der Waals surface area contributed by atoms with Crippen LogP contribution in [0.1, 0.15) is 30.6 Å². The number of halogens is 1. The van der Waals surface area contributed by atoms with Crippen molar-refractivity contribution in [3.63, 3.8) is 0 Å². The van der Waals surface area contributed by atoms with Crippen LogP contribution in [0.3, 0.4) is 0 Å². The molecular formula is C16H22ClNO2S. The maximum Gasteiger partial charge on any atom is 0.230 e. The van der Waals surface area contributed by atoms with Gasteiger partial charge in [0, 0.05) is 29.3 Å². The van der Waals surface area contributed by atoms with Gasteiger partial charge in [-0.25, -0.2) is 0 Å². The Bertz CT molecular complexity index is 446.